The number of hydrogen-bond acceptors (Lipinski definition) is 6. The number of carbonyl (C=O) groups is 2. The number of likely N-dealkylation sites (tertiary alicyclic amines) is 1. The number of aliphatic hydroxyl groups excluding tert-OH is 1. The fourth-order valence-electron chi connectivity index (χ4n) is 3.56. The topological polar surface area (TPSA) is 79.3 Å². The molecule has 1 heterocycles. The van der Waals surface area contributed by atoms with Crippen molar-refractivity contribution in [1.29, 1.82) is 0 Å². The lowest BCUT2D eigenvalue weighted by Gasteiger charge is -2.28. The van der Waals surface area contributed by atoms with Crippen molar-refractivity contribution in [2.75, 3.05) is 41.4 Å². The summed E-state index contributed by atoms with van der Waals surface area (Å²) < 4.78 is 24.2. The zero-order chi connectivity index (χ0) is 22.7. The molecule has 1 N–H and O–H groups in total. The van der Waals surface area contributed by atoms with Crippen LogP contribution in [0.2, 0.25) is 0 Å². The molecule has 0 spiro atoms. The van der Waals surface area contributed by atoms with Crippen molar-refractivity contribution in [3.63, 3.8) is 0 Å². The standard InChI is InChI=1S/C23H25FN2O5/c1-25(2)11-12-26-20(17-13-16(30-3)9-10-18(17)31-4)19(22(28)23(26)29)21(27)14-5-7-15(24)8-6-14/h5-10,13,20,27H,11-12H2,1-4H3/b21-19+. The number of aliphatic hydroxyl groups is 1. The molecule has 3 rings (SSSR count). The number of hydrogen-bond donors (Lipinski definition) is 1. The van der Waals surface area contributed by atoms with Gasteiger partial charge in [0.25, 0.3) is 11.7 Å². The molecule has 1 fully saturated rings. The van der Waals surface area contributed by atoms with E-state index in [1.54, 1.807) is 18.2 Å². The van der Waals surface area contributed by atoms with E-state index >= 15 is 0 Å². The van der Waals surface area contributed by atoms with Crippen molar-refractivity contribution in [1.82, 2.24) is 9.80 Å². The van der Waals surface area contributed by atoms with Gasteiger partial charge < -0.3 is 24.4 Å². The molecule has 2 aromatic rings. The third-order valence-corrected chi connectivity index (χ3v) is 5.18. The number of Topliss-reactive ketones (excluding diaryl/α,β-unsaturated/α-hetero) is 1. The summed E-state index contributed by atoms with van der Waals surface area (Å²) in [5.41, 5.74) is 0.657. The number of methoxy groups -OCH3 is 2. The van der Waals surface area contributed by atoms with E-state index in [-0.39, 0.29) is 23.4 Å². The van der Waals surface area contributed by atoms with Crippen molar-refractivity contribution in [3.8, 4) is 11.5 Å². The minimum Gasteiger partial charge on any atom is -0.507 e. The Morgan fingerprint density at radius 3 is 2.35 bits per heavy atom. The predicted molar refractivity (Wildman–Crippen MR) is 114 cm³/mol. The Kier molecular flexibility index (Phi) is 6.60. The first-order valence-corrected chi connectivity index (χ1v) is 9.69. The van der Waals surface area contributed by atoms with Crippen molar-refractivity contribution in [3.05, 3.63) is 65.0 Å². The van der Waals surface area contributed by atoms with Crippen LogP contribution in [0.3, 0.4) is 0 Å². The highest BCUT2D eigenvalue weighted by atomic mass is 19.1. The summed E-state index contributed by atoms with van der Waals surface area (Å²) in [4.78, 5) is 29.2. The Morgan fingerprint density at radius 1 is 1.10 bits per heavy atom. The average Bonchev–Trinajstić information content (AvgIpc) is 3.01. The normalized spacial score (nSPS) is 18.0. The zero-order valence-electron chi connectivity index (χ0n) is 17.9. The molecule has 1 aliphatic heterocycles. The number of ether oxygens (including phenoxy) is 2. The van der Waals surface area contributed by atoms with Gasteiger partial charge in [0, 0.05) is 24.2 Å². The molecule has 1 unspecified atom stereocenters. The zero-order valence-corrected chi connectivity index (χ0v) is 17.9. The second-order valence-electron chi connectivity index (χ2n) is 7.41. The maximum absolute atomic E-state index is 13.4. The Bertz CT molecular complexity index is 1020. The van der Waals surface area contributed by atoms with Gasteiger partial charge in [0.05, 0.1) is 25.8 Å². The molecule has 31 heavy (non-hydrogen) atoms. The average molecular weight is 428 g/mol. The number of benzene rings is 2. The van der Waals surface area contributed by atoms with Crippen LogP contribution in [0, 0.1) is 5.82 Å². The van der Waals surface area contributed by atoms with Gasteiger partial charge >= 0.3 is 0 Å². The molecule has 2 aromatic carbocycles. The molecule has 0 bridgehead atoms. The van der Waals surface area contributed by atoms with E-state index in [4.69, 9.17) is 9.47 Å². The monoisotopic (exact) mass is 428 g/mol. The number of ketones is 1. The van der Waals surface area contributed by atoms with E-state index in [1.807, 2.05) is 19.0 Å². The van der Waals surface area contributed by atoms with Crippen LogP contribution in [0.15, 0.2) is 48.0 Å². The smallest absolute Gasteiger partial charge is 0.295 e. The van der Waals surface area contributed by atoms with Gasteiger partial charge in [-0.25, -0.2) is 4.39 Å². The highest BCUT2D eigenvalue weighted by molar-refractivity contribution is 6.46. The molecule has 7 nitrogen and oxygen atoms in total. The minimum absolute atomic E-state index is 0.0816. The Hall–Kier alpha value is -3.39. The van der Waals surface area contributed by atoms with E-state index in [0.29, 0.717) is 23.6 Å². The number of carbonyl (C=O) groups excluding carboxylic acids is 2. The largest absolute Gasteiger partial charge is 0.507 e. The summed E-state index contributed by atoms with van der Waals surface area (Å²) in [7, 11) is 6.71. The van der Waals surface area contributed by atoms with Crippen LogP contribution in [0.5, 0.6) is 11.5 Å². The summed E-state index contributed by atoms with van der Waals surface area (Å²) in [5.74, 6) is -1.44. The second kappa shape index (κ2) is 9.18. The molecule has 1 atom stereocenters. The lowest BCUT2D eigenvalue weighted by atomic mass is 9.94. The Morgan fingerprint density at radius 2 is 1.77 bits per heavy atom. The van der Waals surface area contributed by atoms with Crippen LogP contribution >= 0.6 is 0 Å². The number of nitrogens with zero attached hydrogens (tertiary/aromatic N) is 2. The molecule has 0 aliphatic carbocycles. The van der Waals surface area contributed by atoms with Crippen LogP contribution in [-0.2, 0) is 9.59 Å². The maximum atomic E-state index is 13.4. The van der Waals surface area contributed by atoms with E-state index in [1.165, 1.54) is 43.4 Å². The SMILES string of the molecule is COc1ccc(OC)c(C2/C(=C(\O)c3ccc(F)cc3)C(=O)C(=O)N2CCN(C)C)c1. The Labute approximate surface area is 180 Å². The second-order valence-corrected chi connectivity index (χ2v) is 7.41. The lowest BCUT2D eigenvalue weighted by Crippen LogP contribution is -2.35. The van der Waals surface area contributed by atoms with Crippen molar-refractivity contribution < 1.29 is 28.6 Å². The van der Waals surface area contributed by atoms with Crippen LogP contribution < -0.4 is 9.47 Å². The van der Waals surface area contributed by atoms with Gasteiger partial charge in [0.1, 0.15) is 23.1 Å². The van der Waals surface area contributed by atoms with Crippen molar-refractivity contribution in [2.24, 2.45) is 0 Å². The summed E-state index contributed by atoms with van der Waals surface area (Å²) in [6, 6.07) is 9.24. The molecule has 8 heteroatoms. The molecule has 1 saturated heterocycles. The highest BCUT2D eigenvalue weighted by Crippen LogP contribution is 2.43. The van der Waals surface area contributed by atoms with E-state index in [9.17, 15) is 19.1 Å². The summed E-state index contributed by atoms with van der Waals surface area (Å²) in [6.45, 7) is 0.759. The number of halogens is 1. The molecule has 1 amide bonds. The van der Waals surface area contributed by atoms with Crippen LogP contribution in [0.1, 0.15) is 17.2 Å². The minimum atomic E-state index is -0.893. The summed E-state index contributed by atoms with van der Waals surface area (Å²) >= 11 is 0. The van der Waals surface area contributed by atoms with Gasteiger partial charge in [-0.3, -0.25) is 9.59 Å². The van der Waals surface area contributed by atoms with Crippen molar-refractivity contribution >= 4 is 17.4 Å². The number of amides is 1. The van der Waals surface area contributed by atoms with E-state index in [0.717, 1.165) is 0 Å². The molecular formula is C23H25FN2O5. The van der Waals surface area contributed by atoms with Crippen LogP contribution in [0.25, 0.3) is 5.76 Å². The summed E-state index contributed by atoms with van der Waals surface area (Å²) in [5, 5.41) is 11.0. The lowest BCUT2D eigenvalue weighted by molar-refractivity contribution is -0.140. The van der Waals surface area contributed by atoms with Gasteiger partial charge in [0.15, 0.2) is 0 Å². The third-order valence-electron chi connectivity index (χ3n) is 5.18. The molecule has 0 aromatic heterocycles. The first-order chi connectivity index (χ1) is 14.8. The summed E-state index contributed by atoms with van der Waals surface area (Å²) in [6.07, 6.45) is 0. The maximum Gasteiger partial charge on any atom is 0.295 e. The van der Waals surface area contributed by atoms with Gasteiger partial charge in [-0.15, -0.1) is 0 Å². The van der Waals surface area contributed by atoms with Gasteiger partial charge in [0.2, 0.25) is 0 Å². The van der Waals surface area contributed by atoms with Crippen LogP contribution in [0.4, 0.5) is 4.39 Å². The first-order valence-electron chi connectivity index (χ1n) is 9.69. The first kappa shape index (κ1) is 22.3. The van der Waals surface area contributed by atoms with Gasteiger partial charge in [-0.05, 0) is 56.6 Å². The molecular weight excluding hydrogens is 403 g/mol. The molecule has 164 valence electrons. The Balaban J connectivity index is 2.23. The van der Waals surface area contributed by atoms with Crippen molar-refractivity contribution in [2.45, 2.75) is 6.04 Å². The predicted octanol–water partition coefficient (Wildman–Crippen LogP) is 2.83. The third kappa shape index (κ3) is 4.39. The number of rotatable bonds is 7. The van der Waals surface area contributed by atoms with E-state index in [2.05, 4.69) is 0 Å². The van der Waals surface area contributed by atoms with E-state index < -0.39 is 23.5 Å². The fraction of sp³-hybridized carbons (Fsp3) is 0.304. The number of likely N-dealkylation sites (N-methyl/N-ethyl adjacent to an activating group) is 1. The van der Waals surface area contributed by atoms with Gasteiger partial charge in [-0.1, -0.05) is 0 Å². The molecule has 1 aliphatic rings. The fourth-order valence-corrected chi connectivity index (χ4v) is 3.56. The quantitative estimate of drug-likeness (QED) is 0.415. The highest BCUT2D eigenvalue weighted by Gasteiger charge is 2.47. The van der Waals surface area contributed by atoms with Crippen LogP contribution in [-0.4, -0.2) is 68.0 Å². The molecule has 0 saturated carbocycles. The van der Waals surface area contributed by atoms with Gasteiger partial charge in [-0.2, -0.15) is 0 Å². The molecule has 0 radical (unpaired) electrons.